The number of ether oxygens (including phenoxy) is 1. The van der Waals surface area contributed by atoms with E-state index in [2.05, 4.69) is 10.5 Å². The fraction of sp³-hybridized carbons (Fsp3) is 0.517. The highest BCUT2D eigenvalue weighted by atomic mass is 19.1. The van der Waals surface area contributed by atoms with E-state index < -0.39 is 0 Å². The Kier molecular flexibility index (Phi) is 6.10. The molecule has 36 heavy (non-hydrogen) atoms. The van der Waals surface area contributed by atoms with Gasteiger partial charge in [0.1, 0.15) is 11.6 Å². The number of nitrogens with zero attached hydrogens (tertiary/aromatic N) is 2. The van der Waals surface area contributed by atoms with Crippen molar-refractivity contribution in [2.45, 2.75) is 63.1 Å². The lowest BCUT2D eigenvalue weighted by Crippen LogP contribution is -2.62. The fourth-order valence-corrected chi connectivity index (χ4v) is 7.44. The largest absolute Gasteiger partial charge is 0.496 e. The Bertz CT molecular complexity index is 1130. The molecule has 190 valence electrons. The zero-order valence-electron chi connectivity index (χ0n) is 20.8. The van der Waals surface area contributed by atoms with Crippen LogP contribution in [0.25, 0.3) is 0 Å². The quantitative estimate of drug-likeness (QED) is 0.556. The summed E-state index contributed by atoms with van der Waals surface area (Å²) in [5, 5.41) is 7.77. The van der Waals surface area contributed by atoms with Gasteiger partial charge in [-0.15, -0.1) is 0 Å². The van der Waals surface area contributed by atoms with Crippen LogP contribution in [0.15, 0.2) is 53.7 Å². The fourth-order valence-electron chi connectivity index (χ4n) is 7.44. The van der Waals surface area contributed by atoms with E-state index in [1.165, 1.54) is 25.3 Å². The van der Waals surface area contributed by atoms with Crippen LogP contribution in [0, 0.1) is 23.6 Å². The molecule has 6 nitrogen and oxygen atoms in total. The summed E-state index contributed by atoms with van der Waals surface area (Å²) in [6.45, 7) is 0.517. The monoisotopic (exact) mass is 491 g/mol. The van der Waals surface area contributed by atoms with Gasteiger partial charge in [0, 0.05) is 23.1 Å². The molecule has 5 aliphatic rings. The number of carbonyl (C=O) groups excluding carboxylic acids is 1. The highest BCUT2D eigenvalue weighted by molar-refractivity contribution is 6.03. The van der Waals surface area contributed by atoms with Gasteiger partial charge >= 0.3 is 6.03 Å². The first-order valence-electron chi connectivity index (χ1n) is 13.2. The lowest BCUT2D eigenvalue weighted by Gasteiger charge is -2.57. The Hall–Kier alpha value is -3.09. The number of benzene rings is 2. The number of para-hydroxylation sites is 1. The van der Waals surface area contributed by atoms with Crippen molar-refractivity contribution in [2.75, 3.05) is 13.7 Å². The van der Waals surface area contributed by atoms with Crippen LogP contribution in [-0.4, -0.2) is 41.9 Å². The van der Waals surface area contributed by atoms with Gasteiger partial charge in [0.2, 0.25) is 0 Å². The number of methoxy groups -OCH3 is 1. The van der Waals surface area contributed by atoms with E-state index in [1.54, 1.807) is 24.1 Å². The van der Waals surface area contributed by atoms with Crippen molar-refractivity contribution in [3.8, 4) is 5.75 Å². The van der Waals surface area contributed by atoms with E-state index in [0.29, 0.717) is 18.5 Å². The van der Waals surface area contributed by atoms with Gasteiger partial charge in [-0.2, -0.15) is 0 Å². The molecule has 1 atom stereocenters. The van der Waals surface area contributed by atoms with E-state index >= 15 is 0 Å². The third-order valence-corrected chi connectivity index (χ3v) is 8.59. The number of oxime groups is 1. The van der Waals surface area contributed by atoms with Gasteiger partial charge in [0.15, 0.2) is 6.10 Å². The lowest BCUT2D eigenvalue weighted by molar-refractivity contribution is -0.0172. The van der Waals surface area contributed by atoms with Gasteiger partial charge in [-0.3, -0.25) is 0 Å². The van der Waals surface area contributed by atoms with Crippen LogP contribution in [0.2, 0.25) is 0 Å². The molecule has 1 heterocycles. The van der Waals surface area contributed by atoms with E-state index in [-0.39, 0.29) is 30.0 Å². The van der Waals surface area contributed by atoms with E-state index in [1.807, 2.05) is 30.3 Å². The Morgan fingerprint density at radius 3 is 2.44 bits per heavy atom. The number of halogens is 1. The zero-order chi connectivity index (χ0) is 24.7. The highest BCUT2D eigenvalue weighted by Gasteiger charge is 2.52. The number of carbonyl (C=O) groups is 1. The molecule has 2 aromatic carbocycles. The molecule has 1 unspecified atom stereocenters. The van der Waals surface area contributed by atoms with Gasteiger partial charge in [-0.1, -0.05) is 35.5 Å². The minimum Gasteiger partial charge on any atom is -0.496 e. The second-order valence-corrected chi connectivity index (χ2v) is 11.3. The second-order valence-electron chi connectivity index (χ2n) is 11.3. The average Bonchev–Trinajstić information content (AvgIpc) is 3.32. The average molecular weight is 492 g/mol. The molecular weight excluding hydrogens is 457 g/mol. The lowest BCUT2D eigenvalue weighted by atomic mass is 9.53. The van der Waals surface area contributed by atoms with Crippen molar-refractivity contribution in [2.24, 2.45) is 22.9 Å². The first-order valence-corrected chi connectivity index (χ1v) is 13.2. The molecule has 0 radical (unpaired) electrons. The summed E-state index contributed by atoms with van der Waals surface area (Å²) >= 11 is 0. The van der Waals surface area contributed by atoms with Crippen molar-refractivity contribution in [3.05, 3.63) is 65.5 Å². The molecular formula is C29H34FN3O3. The summed E-state index contributed by atoms with van der Waals surface area (Å²) in [4.78, 5) is 21.3. The van der Waals surface area contributed by atoms with Crippen molar-refractivity contribution in [3.63, 3.8) is 0 Å². The van der Waals surface area contributed by atoms with Crippen LogP contribution in [0.1, 0.15) is 56.1 Å². The van der Waals surface area contributed by atoms with Crippen LogP contribution < -0.4 is 10.1 Å². The van der Waals surface area contributed by atoms with Crippen molar-refractivity contribution >= 4 is 11.7 Å². The molecule has 4 saturated carbocycles. The van der Waals surface area contributed by atoms with Gasteiger partial charge in [-0.25, -0.2) is 9.18 Å². The Morgan fingerprint density at radius 1 is 1.08 bits per heavy atom. The van der Waals surface area contributed by atoms with Crippen molar-refractivity contribution in [1.82, 2.24) is 10.2 Å². The van der Waals surface area contributed by atoms with Crippen LogP contribution >= 0.6 is 0 Å². The van der Waals surface area contributed by atoms with Gasteiger partial charge in [0.05, 0.1) is 25.9 Å². The van der Waals surface area contributed by atoms with Crippen molar-refractivity contribution in [1.29, 1.82) is 0 Å². The molecule has 0 spiro atoms. The third kappa shape index (κ3) is 4.56. The maximum atomic E-state index is 14.6. The van der Waals surface area contributed by atoms with E-state index in [4.69, 9.17) is 9.57 Å². The van der Waals surface area contributed by atoms with Gasteiger partial charge < -0.3 is 19.8 Å². The summed E-state index contributed by atoms with van der Waals surface area (Å²) in [6.07, 6.45) is 7.39. The molecule has 4 fully saturated rings. The Labute approximate surface area is 211 Å². The molecule has 7 heteroatoms. The predicted molar refractivity (Wildman–Crippen MR) is 135 cm³/mol. The smallest absolute Gasteiger partial charge is 0.318 e. The molecule has 4 bridgehead atoms. The number of hydrogen-bond acceptors (Lipinski definition) is 4. The molecule has 1 N–H and O–H groups in total. The second kappa shape index (κ2) is 9.41. The molecule has 2 amide bonds. The highest BCUT2D eigenvalue weighted by Crippen LogP contribution is 2.55. The Balaban J connectivity index is 1.19. The first-order chi connectivity index (χ1) is 17.5. The number of amides is 2. The molecule has 1 aliphatic heterocycles. The number of urea groups is 1. The Morgan fingerprint density at radius 2 is 1.75 bits per heavy atom. The normalized spacial score (nSPS) is 30.0. The van der Waals surface area contributed by atoms with Crippen molar-refractivity contribution < 1.29 is 18.8 Å². The van der Waals surface area contributed by atoms with Crippen LogP contribution in [0.3, 0.4) is 0 Å². The summed E-state index contributed by atoms with van der Waals surface area (Å²) in [6, 6.07) is 14.3. The van der Waals surface area contributed by atoms with Crippen LogP contribution in [0.5, 0.6) is 5.75 Å². The SMILES string of the molecule is COc1ccccc1C1=NOC(CN(Cc2ccccc2F)C(=O)NC23CC4CC(CC(C4)C2)C3)C1. The molecule has 0 aromatic heterocycles. The van der Waals surface area contributed by atoms with Gasteiger partial charge in [-0.05, 0) is 74.5 Å². The maximum Gasteiger partial charge on any atom is 0.318 e. The summed E-state index contributed by atoms with van der Waals surface area (Å²) in [5.74, 6) is 2.62. The molecule has 4 aliphatic carbocycles. The van der Waals surface area contributed by atoms with Crippen LogP contribution in [-0.2, 0) is 11.4 Å². The van der Waals surface area contributed by atoms with E-state index in [0.717, 1.165) is 54.0 Å². The zero-order valence-corrected chi connectivity index (χ0v) is 20.8. The van der Waals surface area contributed by atoms with Gasteiger partial charge in [0.25, 0.3) is 0 Å². The summed E-state index contributed by atoms with van der Waals surface area (Å²) in [5.41, 5.74) is 2.07. The third-order valence-electron chi connectivity index (χ3n) is 8.59. The van der Waals surface area contributed by atoms with E-state index in [9.17, 15) is 9.18 Å². The van der Waals surface area contributed by atoms with Crippen LogP contribution in [0.4, 0.5) is 9.18 Å². The number of hydrogen-bond donors (Lipinski definition) is 1. The maximum absolute atomic E-state index is 14.6. The minimum atomic E-state index is -0.307. The first kappa shape index (κ1) is 23.3. The predicted octanol–water partition coefficient (Wildman–Crippen LogP) is 5.51. The standard InChI is InChI=1S/C29H34FN3O3/c1-35-27-9-5-3-7-24(27)26-13-23(36-32-26)18-33(17-22-6-2-4-8-25(22)30)28(34)31-29-14-19-10-20(15-29)12-21(11-19)16-29/h2-9,19-21,23H,10-18H2,1H3,(H,31,34). The number of nitrogens with one attached hydrogen (secondary N) is 1. The number of rotatable bonds is 7. The summed E-state index contributed by atoms with van der Waals surface area (Å²) < 4.78 is 20.1. The molecule has 0 saturated heterocycles. The molecule has 2 aromatic rings. The molecule has 7 rings (SSSR count). The summed E-state index contributed by atoms with van der Waals surface area (Å²) in [7, 11) is 1.64. The topological polar surface area (TPSA) is 63.2 Å². The minimum absolute atomic E-state index is 0.116.